The summed E-state index contributed by atoms with van der Waals surface area (Å²) in [6, 6.07) is 4.15. The summed E-state index contributed by atoms with van der Waals surface area (Å²) in [6.07, 6.45) is 4.25. The van der Waals surface area contributed by atoms with Gasteiger partial charge in [0.05, 0.1) is 6.10 Å². The van der Waals surface area contributed by atoms with Crippen molar-refractivity contribution in [3.63, 3.8) is 0 Å². The highest BCUT2D eigenvalue weighted by molar-refractivity contribution is 5.15. The van der Waals surface area contributed by atoms with Gasteiger partial charge < -0.3 is 10.8 Å². The lowest BCUT2D eigenvalue weighted by Gasteiger charge is -2.26. The molecule has 1 aromatic heterocycles. The minimum absolute atomic E-state index is 0.191. The zero-order valence-electron chi connectivity index (χ0n) is 8.71. The highest BCUT2D eigenvalue weighted by atomic mass is 16.3. The predicted octanol–water partition coefficient (Wildman–Crippen LogP) is 0.148. The van der Waals surface area contributed by atoms with Gasteiger partial charge in [0.2, 0.25) is 0 Å². The number of β-amino-alcohol motifs (C(OH)–C–C–N with tert-alkyl or cyclic N) is 1. The number of pyridine rings is 1. The summed E-state index contributed by atoms with van der Waals surface area (Å²) >= 11 is 0. The third kappa shape index (κ3) is 2.34. The number of aliphatic hydroxyl groups excluding tert-OH is 1. The lowest BCUT2D eigenvalue weighted by atomic mass is 10.1. The predicted molar refractivity (Wildman–Crippen MR) is 58.2 cm³/mol. The number of hydrogen-bond donors (Lipinski definition) is 2. The van der Waals surface area contributed by atoms with Gasteiger partial charge in [-0.3, -0.25) is 9.88 Å². The Kier molecular flexibility index (Phi) is 3.30. The zero-order chi connectivity index (χ0) is 10.7. The molecule has 0 aliphatic carbocycles. The van der Waals surface area contributed by atoms with Crippen molar-refractivity contribution in [3.05, 3.63) is 30.1 Å². The van der Waals surface area contributed by atoms with E-state index in [1.807, 2.05) is 18.3 Å². The van der Waals surface area contributed by atoms with Gasteiger partial charge in [0.15, 0.2) is 0 Å². The molecule has 2 rings (SSSR count). The van der Waals surface area contributed by atoms with E-state index in [2.05, 4.69) is 9.88 Å². The van der Waals surface area contributed by atoms with Gasteiger partial charge in [-0.25, -0.2) is 0 Å². The van der Waals surface area contributed by atoms with Crippen molar-refractivity contribution in [2.24, 2.45) is 5.73 Å². The summed E-state index contributed by atoms with van der Waals surface area (Å²) in [7, 11) is 0. The van der Waals surface area contributed by atoms with E-state index in [4.69, 9.17) is 5.73 Å². The highest BCUT2D eigenvalue weighted by Gasteiger charge is 2.27. The molecule has 4 heteroatoms. The van der Waals surface area contributed by atoms with E-state index in [1.54, 1.807) is 6.20 Å². The molecule has 15 heavy (non-hydrogen) atoms. The fourth-order valence-electron chi connectivity index (χ4n) is 2.12. The number of rotatable bonds is 3. The molecular formula is C11H17N3O. The van der Waals surface area contributed by atoms with Crippen LogP contribution in [0.25, 0.3) is 0 Å². The average Bonchev–Trinajstić information content (AvgIpc) is 2.68. The third-order valence-electron chi connectivity index (χ3n) is 2.93. The van der Waals surface area contributed by atoms with Gasteiger partial charge in [-0.15, -0.1) is 0 Å². The van der Waals surface area contributed by atoms with E-state index in [0.29, 0.717) is 6.54 Å². The quantitative estimate of drug-likeness (QED) is 0.740. The summed E-state index contributed by atoms with van der Waals surface area (Å²) in [6.45, 7) is 2.20. The lowest BCUT2D eigenvalue weighted by Crippen LogP contribution is -2.32. The summed E-state index contributed by atoms with van der Waals surface area (Å²) < 4.78 is 0. The van der Waals surface area contributed by atoms with Crippen molar-refractivity contribution in [2.75, 3.05) is 19.6 Å². The monoisotopic (exact) mass is 207 g/mol. The van der Waals surface area contributed by atoms with E-state index in [-0.39, 0.29) is 12.1 Å². The van der Waals surface area contributed by atoms with Crippen molar-refractivity contribution in [1.82, 2.24) is 9.88 Å². The molecular weight excluding hydrogens is 190 g/mol. The fraction of sp³-hybridized carbons (Fsp3) is 0.545. The Morgan fingerprint density at radius 3 is 3.07 bits per heavy atom. The maximum Gasteiger partial charge on any atom is 0.0679 e. The fourth-order valence-corrected chi connectivity index (χ4v) is 2.12. The van der Waals surface area contributed by atoms with E-state index in [9.17, 15) is 5.11 Å². The first-order chi connectivity index (χ1) is 7.31. The smallest absolute Gasteiger partial charge is 0.0679 e. The molecule has 0 amide bonds. The van der Waals surface area contributed by atoms with Gasteiger partial charge in [-0.1, -0.05) is 6.07 Å². The van der Waals surface area contributed by atoms with Crippen LogP contribution in [0.4, 0.5) is 0 Å². The third-order valence-corrected chi connectivity index (χ3v) is 2.93. The maximum absolute atomic E-state index is 9.49. The van der Waals surface area contributed by atoms with Crippen molar-refractivity contribution < 1.29 is 5.11 Å². The topological polar surface area (TPSA) is 62.4 Å². The van der Waals surface area contributed by atoms with E-state index in [1.165, 1.54) is 0 Å². The summed E-state index contributed by atoms with van der Waals surface area (Å²) in [5.74, 6) is 0. The van der Waals surface area contributed by atoms with Crippen LogP contribution in [0.2, 0.25) is 0 Å². The van der Waals surface area contributed by atoms with Crippen LogP contribution in [0.3, 0.4) is 0 Å². The normalized spacial score (nSPS) is 24.3. The number of nitrogens with two attached hydrogens (primary N) is 1. The minimum Gasteiger partial charge on any atom is -0.392 e. The number of nitrogens with zero attached hydrogens (tertiary/aromatic N) is 2. The molecule has 82 valence electrons. The SMILES string of the molecule is NCC(c1cccnc1)N1CCC(O)C1. The van der Waals surface area contributed by atoms with Gasteiger partial charge in [0.25, 0.3) is 0 Å². The lowest BCUT2D eigenvalue weighted by molar-refractivity contribution is 0.160. The summed E-state index contributed by atoms with van der Waals surface area (Å²) in [5, 5.41) is 9.49. The van der Waals surface area contributed by atoms with Crippen molar-refractivity contribution in [2.45, 2.75) is 18.6 Å². The molecule has 4 nitrogen and oxygen atoms in total. The second kappa shape index (κ2) is 4.70. The van der Waals surface area contributed by atoms with E-state index >= 15 is 0 Å². The number of likely N-dealkylation sites (tertiary alicyclic amines) is 1. The Morgan fingerprint density at radius 1 is 1.67 bits per heavy atom. The molecule has 3 N–H and O–H groups in total. The van der Waals surface area contributed by atoms with Crippen molar-refractivity contribution >= 4 is 0 Å². The van der Waals surface area contributed by atoms with Crippen LogP contribution in [0.5, 0.6) is 0 Å². The van der Waals surface area contributed by atoms with Gasteiger partial charge in [0.1, 0.15) is 0 Å². The highest BCUT2D eigenvalue weighted by Crippen LogP contribution is 2.23. The Labute approximate surface area is 89.7 Å². The van der Waals surface area contributed by atoms with Crippen LogP contribution in [0, 0.1) is 0 Å². The van der Waals surface area contributed by atoms with E-state index in [0.717, 1.165) is 25.1 Å². The second-order valence-electron chi connectivity index (χ2n) is 3.98. The van der Waals surface area contributed by atoms with E-state index < -0.39 is 0 Å². The molecule has 2 atom stereocenters. The Hall–Kier alpha value is -0.970. The molecule has 2 heterocycles. The molecule has 1 aliphatic rings. The van der Waals surface area contributed by atoms with Crippen molar-refractivity contribution in [3.8, 4) is 0 Å². The number of aliphatic hydroxyl groups is 1. The Balaban J connectivity index is 2.11. The summed E-state index contributed by atoms with van der Waals surface area (Å²) in [4.78, 5) is 6.32. The first kappa shape index (κ1) is 10.5. The van der Waals surface area contributed by atoms with Crippen LogP contribution in [-0.4, -0.2) is 40.7 Å². The van der Waals surface area contributed by atoms with Crippen LogP contribution in [0.1, 0.15) is 18.0 Å². The zero-order valence-corrected chi connectivity index (χ0v) is 8.71. The number of aromatic nitrogens is 1. The molecule has 1 aromatic rings. The van der Waals surface area contributed by atoms with Gasteiger partial charge >= 0.3 is 0 Å². The van der Waals surface area contributed by atoms with Crippen LogP contribution >= 0.6 is 0 Å². The van der Waals surface area contributed by atoms with Crippen LogP contribution in [-0.2, 0) is 0 Å². The molecule has 1 saturated heterocycles. The molecule has 0 spiro atoms. The average molecular weight is 207 g/mol. The van der Waals surface area contributed by atoms with Crippen molar-refractivity contribution in [1.29, 1.82) is 0 Å². The molecule has 1 fully saturated rings. The maximum atomic E-state index is 9.49. The molecule has 0 radical (unpaired) electrons. The number of hydrogen-bond acceptors (Lipinski definition) is 4. The largest absolute Gasteiger partial charge is 0.392 e. The van der Waals surface area contributed by atoms with Gasteiger partial charge in [0, 0.05) is 38.1 Å². The summed E-state index contributed by atoms with van der Waals surface area (Å²) in [5.41, 5.74) is 6.91. The first-order valence-electron chi connectivity index (χ1n) is 5.33. The first-order valence-corrected chi connectivity index (χ1v) is 5.33. The van der Waals surface area contributed by atoms with Gasteiger partial charge in [-0.2, -0.15) is 0 Å². The molecule has 1 aliphatic heterocycles. The van der Waals surface area contributed by atoms with Crippen LogP contribution in [0.15, 0.2) is 24.5 Å². The molecule has 0 bridgehead atoms. The standard InChI is InChI=1S/C11H17N3O/c12-6-11(9-2-1-4-13-7-9)14-5-3-10(15)8-14/h1-2,4,7,10-11,15H,3,5-6,8,12H2. The minimum atomic E-state index is -0.198. The Bertz CT molecular complexity index is 304. The molecule has 2 unspecified atom stereocenters. The van der Waals surface area contributed by atoms with Gasteiger partial charge in [-0.05, 0) is 18.1 Å². The second-order valence-corrected chi connectivity index (χ2v) is 3.98. The molecule has 0 aromatic carbocycles. The molecule has 0 saturated carbocycles. The Morgan fingerprint density at radius 2 is 2.53 bits per heavy atom. The van der Waals surface area contributed by atoms with Crippen LogP contribution < -0.4 is 5.73 Å².